The SMILES string of the molecule is CCOc1ccccc1NC(=O)c1n[nH]c(C)n1. The Morgan fingerprint density at radius 2 is 2.22 bits per heavy atom. The molecule has 0 unspecified atom stereocenters. The molecule has 0 saturated heterocycles. The molecule has 2 aromatic rings. The fourth-order valence-electron chi connectivity index (χ4n) is 1.47. The molecule has 0 saturated carbocycles. The lowest BCUT2D eigenvalue weighted by Crippen LogP contribution is -2.14. The van der Waals surface area contributed by atoms with Crippen LogP contribution in [0, 0.1) is 6.92 Å². The van der Waals surface area contributed by atoms with Crippen molar-refractivity contribution < 1.29 is 9.53 Å². The molecule has 6 heteroatoms. The van der Waals surface area contributed by atoms with E-state index in [2.05, 4.69) is 20.5 Å². The van der Waals surface area contributed by atoms with Gasteiger partial charge >= 0.3 is 0 Å². The van der Waals surface area contributed by atoms with Crippen molar-refractivity contribution in [2.45, 2.75) is 13.8 Å². The number of aromatic nitrogens is 3. The third kappa shape index (κ3) is 2.65. The number of amides is 1. The van der Waals surface area contributed by atoms with Gasteiger partial charge in [-0.15, -0.1) is 5.10 Å². The molecule has 0 aliphatic heterocycles. The van der Waals surface area contributed by atoms with E-state index in [-0.39, 0.29) is 11.7 Å². The number of ether oxygens (including phenoxy) is 1. The molecule has 0 atom stereocenters. The first-order chi connectivity index (χ1) is 8.70. The van der Waals surface area contributed by atoms with Crippen LogP contribution in [-0.4, -0.2) is 27.7 Å². The summed E-state index contributed by atoms with van der Waals surface area (Å²) in [5.74, 6) is 0.962. The zero-order valence-electron chi connectivity index (χ0n) is 10.2. The third-order valence-electron chi connectivity index (χ3n) is 2.24. The van der Waals surface area contributed by atoms with E-state index >= 15 is 0 Å². The van der Waals surface area contributed by atoms with Crippen molar-refractivity contribution in [1.29, 1.82) is 0 Å². The van der Waals surface area contributed by atoms with Crippen molar-refractivity contribution in [2.24, 2.45) is 0 Å². The number of benzene rings is 1. The van der Waals surface area contributed by atoms with Crippen LogP contribution in [0.25, 0.3) is 0 Å². The second-order valence-electron chi connectivity index (χ2n) is 3.63. The smallest absolute Gasteiger partial charge is 0.295 e. The Labute approximate surface area is 104 Å². The van der Waals surface area contributed by atoms with Crippen LogP contribution in [0.1, 0.15) is 23.4 Å². The predicted octanol–water partition coefficient (Wildman–Crippen LogP) is 1.76. The zero-order valence-corrected chi connectivity index (χ0v) is 10.2. The number of rotatable bonds is 4. The summed E-state index contributed by atoms with van der Waals surface area (Å²) in [6.45, 7) is 4.15. The average Bonchev–Trinajstić information content (AvgIpc) is 2.79. The highest BCUT2D eigenvalue weighted by molar-refractivity contribution is 6.02. The van der Waals surface area contributed by atoms with Gasteiger partial charge in [0.1, 0.15) is 11.6 Å². The highest BCUT2D eigenvalue weighted by atomic mass is 16.5. The first-order valence-corrected chi connectivity index (χ1v) is 5.63. The van der Waals surface area contributed by atoms with E-state index in [4.69, 9.17) is 4.74 Å². The predicted molar refractivity (Wildman–Crippen MR) is 66.7 cm³/mol. The number of carbonyl (C=O) groups is 1. The Kier molecular flexibility index (Phi) is 3.57. The van der Waals surface area contributed by atoms with Crippen LogP contribution >= 0.6 is 0 Å². The standard InChI is InChI=1S/C12H14N4O2/c1-3-18-10-7-5-4-6-9(10)14-12(17)11-13-8(2)15-16-11/h4-7H,3H2,1-2H3,(H,14,17)(H,13,15,16). The lowest BCUT2D eigenvalue weighted by molar-refractivity contribution is 0.101. The molecule has 1 heterocycles. The molecule has 2 rings (SSSR count). The molecule has 1 aromatic carbocycles. The summed E-state index contributed by atoms with van der Waals surface area (Å²) in [5, 5.41) is 9.14. The molecular weight excluding hydrogens is 232 g/mol. The van der Waals surface area contributed by atoms with Gasteiger partial charge in [-0.25, -0.2) is 4.98 Å². The molecule has 0 spiro atoms. The second kappa shape index (κ2) is 5.31. The molecule has 94 valence electrons. The van der Waals surface area contributed by atoms with E-state index in [1.54, 1.807) is 19.1 Å². The topological polar surface area (TPSA) is 79.9 Å². The molecule has 1 amide bonds. The number of aromatic amines is 1. The number of nitrogens with zero attached hydrogens (tertiary/aromatic N) is 2. The number of para-hydroxylation sites is 2. The Bertz CT molecular complexity index is 551. The summed E-state index contributed by atoms with van der Waals surface area (Å²) in [6, 6.07) is 7.23. The van der Waals surface area contributed by atoms with Gasteiger partial charge < -0.3 is 10.1 Å². The summed E-state index contributed by atoms with van der Waals surface area (Å²) >= 11 is 0. The van der Waals surface area contributed by atoms with Crippen molar-refractivity contribution >= 4 is 11.6 Å². The van der Waals surface area contributed by atoms with Gasteiger partial charge in [-0.1, -0.05) is 12.1 Å². The average molecular weight is 246 g/mol. The van der Waals surface area contributed by atoms with Gasteiger partial charge in [0.05, 0.1) is 12.3 Å². The van der Waals surface area contributed by atoms with Crippen molar-refractivity contribution in [3.05, 3.63) is 35.9 Å². The second-order valence-corrected chi connectivity index (χ2v) is 3.63. The number of carbonyl (C=O) groups excluding carboxylic acids is 1. The Morgan fingerprint density at radius 3 is 2.89 bits per heavy atom. The highest BCUT2D eigenvalue weighted by Gasteiger charge is 2.13. The van der Waals surface area contributed by atoms with E-state index in [9.17, 15) is 4.79 Å². The fraction of sp³-hybridized carbons (Fsp3) is 0.250. The highest BCUT2D eigenvalue weighted by Crippen LogP contribution is 2.23. The number of aryl methyl sites for hydroxylation is 1. The lowest BCUT2D eigenvalue weighted by Gasteiger charge is -2.09. The van der Waals surface area contributed by atoms with Crippen LogP contribution in [0.15, 0.2) is 24.3 Å². The van der Waals surface area contributed by atoms with E-state index in [1.165, 1.54) is 0 Å². The first-order valence-electron chi connectivity index (χ1n) is 5.63. The third-order valence-corrected chi connectivity index (χ3v) is 2.24. The molecule has 2 N–H and O–H groups in total. The molecule has 0 radical (unpaired) electrons. The number of hydrogen-bond donors (Lipinski definition) is 2. The van der Waals surface area contributed by atoms with Crippen LogP contribution in [0.4, 0.5) is 5.69 Å². The largest absolute Gasteiger partial charge is 0.492 e. The van der Waals surface area contributed by atoms with Gasteiger partial charge in [-0.05, 0) is 26.0 Å². The van der Waals surface area contributed by atoms with E-state index in [0.717, 1.165) is 0 Å². The maximum Gasteiger partial charge on any atom is 0.295 e. The number of anilines is 1. The first kappa shape index (κ1) is 12.1. The quantitative estimate of drug-likeness (QED) is 0.861. The van der Waals surface area contributed by atoms with Gasteiger partial charge in [-0.2, -0.15) is 0 Å². The summed E-state index contributed by atoms with van der Waals surface area (Å²) in [7, 11) is 0. The van der Waals surface area contributed by atoms with Gasteiger partial charge in [-0.3, -0.25) is 9.89 Å². The molecule has 1 aromatic heterocycles. The van der Waals surface area contributed by atoms with E-state index in [1.807, 2.05) is 19.1 Å². The molecule has 0 aliphatic carbocycles. The molecule has 18 heavy (non-hydrogen) atoms. The maximum absolute atomic E-state index is 11.9. The number of nitrogens with one attached hydrogen (secondary N) is 2. The van der Waals surface area contributed by atoms with Crippen molar-refractivity contribution in [3.8, 4) is 5.75 Å². The van der Waals surface area contributed by atoms with Crippen LogP contribution in [-0.2, 0) is 0 Å². The lowest BCUT2D eigenvalue weighted by atomic mass is 10.3. The van der Waals surface area contributed by atoms with E-state index < -0.39 is 0 Å². The Morgan fingerprint density at radius 1 is 1.44 bits per heavy atom. The summed E-state index contributed by atoms with van der Waals surface area (Å²) in [5.41, 5.74) is 0.604. The fourth-order valence-corrected chi connectivity index (χ4v) is 1.47. The van der Waals surface area contributed by atoms with Crippen molar-refractivity contribution in [3.63, 3.8) is 0 Å². The van der Waals surface area contributed by atoms with Crippen LogP contribution in [0.2, 0.25) is 0 Å². The summed E-state index contributed by atoms with van der Waals surface area (Å²) < 4.78 is 5.42. The molecule has 0 aliphatic rings. The zero-order chi connectivity index (χ0) is 13.0. The number of H-pyrrole nitrogens is 1. The minimum Gasteiger partial charge on any atom is -0.492 e. The monoisotopic (exact) mass is 246 g/mol. The maximum atomic E-state index is 11.9. The Hall–Kier alpha value is -2.37. The minimum atomic E-state index is -0.369. The van der Waals surface area contributed by atoms with Gasteiger partial charge in [0.25, 0.3) is 5.91 Å². The van der Waals surface area contributed by atoms with Gasteiger partial charge in [0, 0.05) is 0 Å². The van der Waals surface area contributed by atoms with Crippen LogP contribution < -0.4 is 10.1 Å². The van der Waals surface area contributed by atoms with E-state index in [0.29, 0.717) is 23.9 Å². The molecule has 0 bridgehead atoms. The van der Waals surface area contributed by atoms with Gasteiger partial charge in [0.2, 0.25) is 5.82 Å². The minimum absolute atomic E-state index is 0.110. The molecule has 6 nitrogen and oxygen atoms in total. The Balaban J connectivity index is 2.16. The molecule has 0 fully saturated rings. The summed E-state index contributed by atoms with van der Waals surface area (Å²) in [4.78, 5) is 15.8. The molecular formula is C12H14N4O2. The van der Waals surface area contributed by atoms with Crippen molar-refractivity contribution in [1.82, 2.24) is 15.2 Å². The normalized spacial score (nSPS) is 10.1. The van der Waals surface area contributed by atoms with Crippen LogP contribution in [0.5, 0.6) is 5.75 Å². The van der Waals surface area contributed by atoms with Crippen LogP contribution in [0.3, 0.4) is 0 Å². The van der Waals surface area contributed by atoms with Crippen molar-refractivity contribution in [2.75, 3.05) is 11.9 Å². The van der Waals surface area contributed by atoms with Gasteiger partial charge in [0.15, 0.2) is 0 Å². The summed E-state index contributed by atoms with van der Waals surface area (Å²) in [6.07, 6.45) is 0. The number of hydrogen-bond acceptors (Lipinski definition) is 4.